The molecule has 34 heavy (non-hydrogen) atoms. The fraction of sp³-hybridized carbons (Fsp3) is 0.333. The van der Waals surface area contributed by atoms with Gasteiger partial charge in [-0.1, -0.05) is 18.6 Å². The molecule has 0 saturated carbocycles. The van der Waals surface area contributed by atoms with Crippen molar-refractivity contribution in [3.63, 3.8) is 0 Å². The maximum atomic E-state index is 11.0. The minimum absolute atomic E-state index is 0.230. The second-order valence-electron chi connectivity index (χ2n) is 7.95. The van der Waals surface area contributed by atoms with E-state index in [1.165, 1.54) is 26.6 Å². The van der Waals surface area contributed by atoms with Crippen LogP contribution in [0.5, 0.6) is 0 Å². The highest BCUT2D eigenvalue weighted by atomic mass is 79.9. The van der Waals surface area contributed by atoms with Crippen molar-refractivity contribution in [2.45, 2.75) is 38.9 Å². The third kappa shape index (κ3) is 8.51. The maximum absolute atomic E-state index is 11.0. The van der Waals surface area contributed by atoms with Gasteiger partial charge in [0.2, 0.25) is 0 Å². The number of hydrogen-bond acceptors (Lipinski definition) is 8. The summed E-state index contributed by atoms with van der Waals surface area (Å²) in [5.41, 5.74) is 1.23. The first-order valence-electron chi connectivity index (χ1n) is 10.2. The fourth-order valence-electron chi connectivity index (χ4n) is 2.43. The predicted molar refractivity (Wildman–Crippen MR) is 135 cm³/mol. The van der Waals surface area contributed by atoms with Gasteiger partial charge in [-0.05, 0) is 61.3 Å². The van der Waals surface area contributed by atoms with E-state index in [1.807, 2.05) is 27.7 Å². The quantitative estimate of drug-likeness (QED) is 0.403. The van der Waals surface area contributed by atoms with E-state index < -0.39 is 0 Å². The fourth-order valence-corrected chi connectivity index (χ4v) is 2.79. The second kappa shape index (κ2) is 13.2. The lowest BCUT2D eigenvalue weighted by Crippen LogP contribution is -2.41. The summed E-state index contributed by atoms with van der Waals surface area (Å²) in [5.74, 6) is 0.918. The summed E-state index contributed by atoms with van der Waals surface area (Å²) in [5, 5.41) is 0. The summed E-state index contributed by atoms with van der Waals surface area (Å²) in [4.78, 5) is 29.5. The number of hydrogen-bond donors (Lipinski definition) is 0. The van der Waals surface area contributed by atoms with Crippen LogP contribution in [0.4, 0.5) is 0 Å². The summed E-state index contributed by atoms with van der Waals surface area (Å²) < 4.78 is 20.9. The Bertz CT molecular complexity index is 996. The molecule has 0 unspecified atom stereocenters. The standard InChI is InChI=1S/C9H9NO2.C8H15BO2.C7H6BrNO2/c1-3-7-4-8(6-10-5-7)9(11)12-2;1-6-9-10-7(2,3)8(4,5)11-9;1-11-7(10)5-2-6(8)4-9-3-5/h3-6H,1H2,2H3;6H,1H2,2-5H3;2-4H,1H3. The molecule has 1 aliphatic rings. The number of carbonyl (C=O) groups is 2. The molecule has 1 aliphatic heterocycles. The van der Waals surface area contributed by atoms with Crippen molar-refractivity contribution >= 4 is 41.1 Å². The van der Waals surface area contributed by atoms with Gasteiger partial charge in [-0.25, -0.2) is 9.59 Å². The molecule has 0 amide bonds. The summed E-state index contributed by atoms with van der Waals surface area (Å²) in [6.07, 6.45) is 7.76. The molecule has 0 bridgehead atoms. The number of methoxy groups -OCH3 is 2. The molecular formula is C24H30BBrN2O6. The zero-order chi connectivity index (χ0) is 25.9. The zero-order valence-electron chi connectivity index (χ0n) is 20.3. The van der Waals surface area contributed by atoms with Gasteiger partial charge in [-0.3, -0.25) is 9.97 Å². The van der Waals surface area contributed by atoms with Crippen molar-refractivity contribution < 1.29 is 28.4 Å². The van der Waals surface area contributed by atoms with Gasteiger partial charge >= 0.3 is 19.1 Å². The first-order chi connectivity index (χ1) is 15.9. The molecule has 2 aromatic rings. The van der Waals surface area contributed by atoms with Gasteiger partial charge in [0.1, 0.15) is 0 Å². The zero-order valence-corrected chi connectivity index (χ0v) is 21.9. The highest BCUT2D eigenvalue weighted by Crippen LogP contribution is 2.36. The van der Waals surface area contributed by atoms with Crippen LogP contribution in [0.1, 0.15) is 54.0 Å². The summed E-state index contributed by atoms with van der Waals surface area (Å²) in [6.45, 7) is 15.3. The summed E-state index contributed by atoms with van der Waals surface area (Å²) in [6, 6.07) is 3.32. The Balaban J connectivity index is 0.000000255. The third-order valence-electron chi connectivity index (χ3n) is 5.01. The average Bonchev–Trinajstić information content (AvgIpc) is 3.05. The van der Waals surface area contributed by atoms with E-state index in [0.717, 1.165) is 10.0 Å². The predicted octanol–water partition coefficient (Wildman–Crippen LogP) is 4.95. The van der Waals surface area contributed by atoms with Crippen molar-refractivity contribution in [3.8, 4) is 0 Å². The lowest BCUT2D eigenvalue weighted by atomic mass is 9.90. The molecular weight excluding hydrogens is 503 g/mol. The van der Waals surface area contributed by atoms with Gasteiger partial charge in [0.15, 0.2) is 0 Å². The monoisotopic (exact) mass is 532 g/mol. The van der Waals surface area contributed by atoms with Crippen LogP contribution in [0, 0.1) is 0 Å². The van der Waals surface area contributed by atoms with E-state index >= 15 is 0 Å². The molecule has 0 radical (unpaired) electrons. The topological polar surface area (TPSA) is 96.8 Å². The Morgan fingerprint density at radius 1 is 0.912 bits per heavy atom. The van der Waals surface area contributed by atoms with E-state index in [0.29, 0.717) is 11.1 Å². The molecule has 10 heteroatoms. The number of halogens is 1. The van der Waals surface area contributed by atoms with Crippen LogP contribution < -0.4 is 0 Å². The number of pyridine rings is 2. The molecule has 1 saturated heterocycles. The molecule has 8 nitrogen and oxygen atoms in total. The van der Waals surface area contributed by atoms with Crippen LogP contribution in [0.3, 0.4) is 0 Å². The minimum atomic E-state index is -0.383. The summed E-state index contributed by atoms with van der Waals surface area (Å²) in [7, 11) is 2.42. The third-order valence-corrected chi connectivity index (χ3v) is 5.44. The van der Waals surface area contributed by atoms with E-state index in [4.69, 9.17) is 9.31 Å². The van der Waals surface area contributed by atoms with Crippen molar-refractivity contribution in [3.05, 3.63) is 77.2 Å². The first-order valence-corrected chi connectivity index (χ1v) is 11.0. The van der Waals surface area contributed by atoms with E-state index in [9.17, 15) is 9.59 Å². The van der Waals surface area contributed by atoms with Gasteiger partial charge < -0.3 is 18.8 Å². The lowest BCUT2D eigenvalue weighted by molar-refractivity contribution is 0.00578. The molecule has 3 heterocycles. The van der Waals surface area contributed by atoms with Gasteiger partial charge in [-0.2, -0.15) is 0 Å². The van der Waals surface area contributed by atoms with Crippen LogP contribution in [0.2, 0.25) is 0 Å². The Morgan fingerprint density at radius 2 is 1.38 bits per heavy atom. The lowest BCUT2D eigenvalue weighted by Gasteiger charge is -2.32. The second-order valence-corrected chi connectivity index (χ2v) is 8.86. The van der Waals surface area contributed by atoms with Crippen LogP contribution in [-0.4, -0.2) is 54.4 Å². The van der Waals surface area contributed by atoms with E-state index in [2.05, 4.69) is 48.5 Å². The highest BCUT2D eigenvalue weighted by Gasteiger charge is 2.49. The van der Waals surface area contributed by atoms with Crippen LogP contribution in [0.15, 0.2) is 60.5 Å². The van der Waals surface area contributed by atoms with Gasteiger partial charge in [0.25, 0.3) is 0 Å². The molecule has 3 rings (SSSR count). The Labute approximate surface area is 209 Å². The van der Waals surface area contributed by atoms with Crippen molar-refractivity contribution in [2.75, 3.05) is 14.2 Å². The van der Waals surface area contributed by atoms with E-state index in [1.54, 1.807) is 36.6 Å². The maximum Gasteiger partial charge on any atom is 0.486 e. The number of aromatic nitrogens is 2. The SMILES string of the molecule is C=CB1OC(C)(C)C(C)(C)O1.C=Cc1cncc(C(=O)OC)c1.COC(=O)c1cncc(Br)c1. The number of carbonyl (C=O) groups excluding carboxylic acids is 2. The average molecular weight is 533 g/mol. The van der Waals surface area contributed by atoms with Gasteiger partial charge in [0.05, 0.1) is 36.5 Å². The first kappa shape index (κ1) is 29.2. The van der Waals surface area contributed by atoms with Gasteiger partial charge in [-0.15, -0.1) is 6.58 Å². The minimum Gasteiger partial charge on any atom is -0.465 e. The number of nitrogens with zero attached hydrogens (tertiary/aromatic N) is 2. The molecule has 0 atom stereocenters. The van der Waals surface area contributed by atoms with E-state index in [-0.39, 0.29) is 30.3 Å². The van der Waals surface area contributed by atoms with Crippen molar-refractivity contribution in [1.29, 1.82) is 0 Å². The largest absolute Gasteiger partial charge is 0.486 e. The highest BCUT2D eigenvalue weighted by molar-refractivity contribution is 9.10. The summed E-state index contributed by atoms with van der Waals surface area (Å²) >= 11 is 3.19. The van der Waals surface area contributed by atoms with Crippen LogP contribution in [0.25, 0.3) is 6.08 Å². The smallest absolute Gasteiger partial charge is 0.465 e. The Hall–Kier alpha value is -2.82. The molecule has 182 valence electrons. The van der Waals surface area contributed by atoms with Crippen LogP contribution in [-0.2, 0) is 18.8 Å². The molecule has 1 fully saturated rings. The molecule has 0 aliphatic carbocycles. The molecule has 0 spiro atoms. The number of rotatable bonds is 4. The Kier molecular flexibility index (Phi) is 11.3. The molecule has 0 N–H and O–H groups in total. The van der Waals surface area contributed by atoms with Crippen molar-refractivity contribution in [1.82, 2.24) is 9.97 Å². The number of ether oxygens (including phenoxy) is 2. The molecule has 0 aromatic carbocycles. The Morgan fingerprint density at radius 3 is 1.76 bits per heavy atom. The van der Waals surface area contributed by atoms with Gasteiger partial charge in [0, 0.05) is 29.3 Å². The molecule has 2 aromatic heterocycles. The van der Waals surface area contributed by atoms with Crippen molar-refractivity contribution in [2.24, 2.45) is 0 Å². The normalized spacial score (nSPS) is 15.0. The van der Waals surface area contributed by atoms with Crippen LogP contribution >= 0.6 is 15.9 Å². The number of esters is 2.